The molecule has 1 atom stereocenters. The predicted molar refractivity (Wildman–Crippen MR) is 65.9 cm³/mol. The van der Waals surface area contributed by atoms with Gasteiger partial charge in [0.1, 0.15) is 12.4 Å². The summed E-state index contributed by atoms with van der Waals surface area (Å²) >= 11 is 0. The number of urea groups is 1. The number of carboxylic acids is 1. The normalized spacial score (nSPS) is 11.4. The van der Waals surface area contributed by atoms with Gasteiger partial charge in [-0.05, 0) is 6.92 Å². The maximum atomic E-state index is 11.5. The molecular formula is C11H15N5O3. The van der Waals surface area contributed by atoms with E-state index in [1.165, 1.54) is 0 Å². The summed E-state index contributed by atoms with van der Waals surface area (Å²) in [5, 5.41) is 21.1. The standard InChI is InChI=1S/C11H15N5O3/c1-3-5-8(10(17)18)14-11(19)12-6-9-15-13-7-16(9)4-2/h1,7-8H,4-6H2,2H3,(H,17,18)(H2,12,14,19). The van der Waals surface area contributed by atoms with Crippen LogP contribution in [0.25, 0.3) is 0 Å². The number of nitrogens with one attached hydrogen (secondary N) is 2. The average molecular weight is 265 g/mol. The van der Waals surface area contributed by atoms with E-state index in [-0.39, 0.29) is 13.0 Å². The van der Waals surface area contributed by atoms with E-state index in [0.717, 1.165) is 0 Å². The molecule has 0 spiro atoms. The van der Waals surface area contributed by atoms with Gasteiger partial charge in [-0.1, -0.05) is 0 Å². The first-order valence-corrected chi connectivity index (χ1v) is 5.65. The fourth-order valence-electron chi connectivity index (χ4n) is 1.37. The van der Waals surface area contributed by atoms with Gasteiger partial charge in [-0.3, -0.25) is 0 Å². The Labute approximate surface area is 110 Å². The number of hydrogen-bond acceptors (Lipinski definition) is 4. The van der Waals surface area contributed by atoms with Crippen molar-refractivity contribution in [3.05, 3.63) is 12.2 Å². The van der Waals surface area contributed by atoms with Crippen LogP contribution < -0.4 is 10.6 Å². The number of aliphatic carboxylic acids is 1. The van der Waals surface area contributed by atoms with E-state index in [9.17, 15) is 9.59 Å². The zero-order valence-electron chi connectivity index (χ0n) is 10.5. The number of carboxylic acid groups (broad SMARTS) is 1. The third-order valence-corrected chi connectivity index (χ3v) is 2.37. The number of aryl methyl sites for hydroxylation is 1. The molecule has 0 saturated carbocycles. The predicted octanol–water partition coefficient (Wildman–Crippen LogP) is -0.426. The third-order valence-electron chi connectivity index (χ3n) is 2.37. The van der Waals surface area contributed by atoms with Crippen molar-refractivity contribution in [3.63, 3.8) is 0 Å². The van der Waals surface area contributed by atoms with E-state index in [4.69, 9.17) is 11.5 Å². The number of terminal acetylenes is 1. The summed E-state index contributed by atoms with van der Waals surface area (Å²) in [6.45, 7) is 2.75. The first-order valence-electron chi connectivity index (χ1n) is 5.65. The first kappa shape index (κ1) is 14.5. The number of aromatic nitrogens is 3. The van der Waals surface area contributed by atoms with Gasteiger partial charge in [0.25, 0.3) is 0 Å². The lowest BCUT2D eigenvalue weighted by molar-refractivity contribution is -0.139. The highest BCUT2D eigenvalue weighted by atomic mass is 16.4. The van der Waals surface area contributed by atoms with Crippen LogP contribution >= 0.6 is 0 Å². The Morgan fingerprint density at radius 1 is 1.63 bits per heavy atom. The number of nitrogens with zero attached hydrogens (tertiary/aromatic N) is 3. The van der Waals surface area contributed by atoms with E-state index < -0.39 is 18.0 Å². The van der Waals surface area contributed by atoms with Gasteiger partial charge in [0, 0.05) is 13.0 Å². The molecule has 8 nitrogen and oxygen atoms in total. The van der Waals surface area contributed by atoms with Crippen molar-refractivity contribution in [2.75, 3.05) is 0 Å². The van der Waals surface area contributed by atoms with Gasteiger partial charge in [0.05, 0.1) is 6.54 Å². The molecule has 0 fully saturated rings. The van der Waals surface area contributed by atoms with Crippen molar-refractivity contribution in [2.45, 2.75) is 32.5 Å². The number of amides is 2. The van der Waals surface area contributed by atoms with E-state index in [1.807, 2.05) is 6.92 Å². The minimum absolute atomic E-state index is 0.0755. The summed E-state index contributed by atoms with van der Waals surface area (Å²) in [4.78, 5) is 22.3. The fourth-order valence-corrected chi connectivity index (χ4v) is 1.37. The first-order chi connectivity index (χ1) is 9.08. The Morgan fingerprint density at radius 2 is 2.37 bits per heavy atom. The monoisotopic (exact) mass is 265 g/mol. The van der Waals surface area contributed by atoms with Crippen LogP contribution in [-0.2, 0) is 17.9 Å². The summed E-state index contributed by atoms with van der Waals surface area (Å²) in [5.41, 5.74) is 0. The molecule has 1 unspecified atom stereocenters. The summed E-state index contributed by atoms with van der Waals surface area (Å²) in [5.74, 6) is 1.60. The van der Waals surface area contributed by atoms with Crippen molar-refractivity contribution < 1.29 is 14.7 Å². The topological polar surface area (TPSA) is 109 Å². The van der Waals surface area contributed by atoms with Crippen molar-refractivity contribution in [1.82, 2.24) is 25.4 Å². The molecule has 1 aromatic rings. The van der Waals surface area contributed by atoms with Crippen molar-refractivity contribution in [3.8, 4) is 12.3 Å². The molecule has 0 aliphatic carbocycles. The molecule has 0 radical (unpaired) electrons. The van der Waals surface area contributed by atoms with Gasteiger partial charge in [0.2, 0.25) is 0 Å². The summed E-state index contributed by atoms with van der Waals surface area (Å²) < 4.78 is 1.76. The second kappa shape index (κ2) is 7.00. The molecule has 0 aliphatic rings. The summed E-state index contributed by atoms with van der Waals surface area (Å²) in [7, 11) is 0. The van der Waals surface area contributed by atoms with Gasteiger partial charge >= 0.3 is 12.0 Å². The van der Waals surface area contributed by atoms with Crippen LogP contribution in [0.1, 0.15) is 19.2 Å². The highest BCUT2D eigenvalue weighted by molar-refractivity contribution is 5.82. The quantitative estimate of drug-likeness (QED) is 0.605. The van der Waals surface area contributed by atoms with E-state index in [1.54, 1.807) is 10.9 Å². The largest absolute Gasteiger partial charge is 0.480 e. The Morgan fingerprint density at radius 3 is 2.95 bits per heavy atom. The molecule has 3 N–H and O–H groups in total. The molecule has 19 heavy (non-hydrogen) atoms. The Kier molecular flexibility index (Phi) is 5.35. The van der Waals surface area contributed by atoms with Crippen LogP contribution in [0.4, 0.5) is 4.79 Å². The zero-order valence-corrected chi connectivity index (χ0v) is 10.5. The molecule has 0 aromatic carbocycles. The molecule has 0 aliphatic heterocycles. The molecule has 1 rings (SSSR count). The minimum atomic E-state index is -1.18. The van der Waals surface area contributed by atoms with E-state index in [0.29, 0.717) is 12.4 Å². The number of carbonyl (C=O) groups is 2. The van der Waals surface area contributed by atoms with Gasteiger partial charge < -0.3 is 20.3 Å². The minimum Gasteiger partial charge on any atom is -0.480 e. The van der Waals surface area contributed by atoms with Crippen LogP contribution in [0.3, 0.4) is 0 Å². The van der Waals surface area contributed by atoms with Crippen molar-refractivity contribution >= 4 is 12.0 Å². The smallest absolute Gasteiger partial charge is 0.327 e. The molecule has 0 saturated heterocycles. The van der Waals surface area contributed by atoms with Crippen molar-refractivity contribution in [1.29, 1.82) is 0 Å². The van der Waals surface area contributed by atoms with Gasteiger partial charge in [-0.25, -0.2) is 9.59 Å². The van der Waals surface area contributed by atoms with Gasteiger partial charge in [0.15, 0.2) is 5.82 Å². The van der Waals surface area contributed by atoms with Crippen LogP contribution in [0.2, 0.25) is 0 Å². The summed E-state index contributed by atoms with van der Waals surface area (Å²) in [6.07, 6.45) is 6.50. The number of rotatable bonds is 6. The average Bonchev–Trinajstić information content (AvgIpc) is 2.83. The maximum Gasteiger partial charge on any atom is 0.327 e. The molecular weight excluding hydrogens is 250 g/mol. The number of hydrogen-bond donors (Lipinski definition) is 3. The zero-order chi connectivity index (χ0) is 14.3. The fraction of sp³-hybridized carbons (Fsp3) is 0.455. The molecule has 8 heteroatoms. The number of carbonyl (C=O) groups excluding carboxylic acids is 1. The Balaban J connectivity index is 2.47. The lowest BCUT2D eigenvalue weighted by Crippen LogP contribution is -2.45. The lowest BCUT2D eigenvalue weighted by Gasteiger charge is -2.12. The van der Waals surface area contributed by atoms with Crippen LogP contribution in [0.5, 0.6) is 0 Å². The van der Waals surface area contributed by atoms with E-state index >= 15 is 0 Å². The van der Waals surface area contributed by atoms with Gasteiger partial charge in [-0.2, -0.15) is 0 Å². The SMILES string of the molecule is C#CCC(NC(=O)NCc1nncn1CC)C(=O)O. The Hall–Kier alpha value is -2.56. The highest BCUT2D eigenvalue weighted by Crippen LogP contribution is 1.95. The third kappa shape index (κ3) is 4.31. The summed E-state index contributed by atoms with van der Waals surface area (Å²) in [6, 6.07) is -1.72. The van der Waals surface area contributed by atoms with Crippen molar-refractivity contribution in [2.24, 2.45) is 0 Å². The van der Waals surface area contributed by atoms with Crippen LogP contribution in [-0.4, -0.2) is 37.9 Å². The second-order valence-corrected chi connectivity index (χ2v) is 3.66. The van der Waals surface area contributed by atoms with E-state index in [2.05, 4.69) is 26.8 Å². The molecule has 1 heterocycles. The molecule has 102 valence electrons. The van der Waals surface area contributed by atoms with Gasteiger partial charge in [-0.15, -0.1) is 22.5 Å². The Bertz CT molecular complexity index is 491. The van der Waals surface area contributed by atoms with Crippen LogP contribution in [0, 0.1) is 12.3 Å². The lowest BCUT2D eigenvalue weighted by atomic mass is 10.2. The molecule has 1 aromatic heterocycles. The molecule has 2 amide bonds. The second-order valence-electron chi connectivity index (χ2n) is 3.66. The molecule has 0 bridgehead atoms. The highest BCUT2D eigenvalue weighted by Gasteiger charge is 2.18. The van der Waals surface area contributed by atoms with Crippen LogP contribution in [0.15, 0.2) is 6.33 Å². The maximum absolute atomic E-state index is 11.5.